The summed E-state index contributed by atoms with van der Waals surface area (Å²) < 4.78 is 0. The first-order valence-electron chi connectivity index (χ1n) is 5.08. The minimum absolute atomic E-state index is 0.0419. The van der Waals surface area contributed by atoms with E-state index >= 15 is 0 Å². The van der Waals surface area contributed by atoms with Crippen molar-refractivity contribution in [2.45, 2.75) is 32.6 Å². The normalized spacial score (nSPS) is 11.8. The number of hydrogen-bond donors (Lipinski definition) is 2. The number of rotatable bonds is 7. The lowest BCUT2D eigenvalue weighted by Crippen LogP contribution is -2.28. The molecule has 0 aliphatic heterocycles. The fourth-order valence-corrected chi connectivity index (χ4v) is 1.12. The first-order valence-corrected chi connectivity index (χ1v) is 5.08. The van der Waals surface area contributed by atoms with E-state index in [2.05, 4.69) is 5.32 Å². The molecule has 0 aliphatic rings. The fourth-order valence-electron chi connectivity index (χ4n) is 1.12. The van der Waals surface area contributed by atoms with Gasteiger partial charge in [0.2, 0.25) is 5.91 Å². The Labute approximate surface area is 85.5 Å². The van der Waals surface area contributed by atoms with E-state index in [-0.39, 0.29) is 11.8 Å². The van der Waals surface area contributed by atoms with Crippen LogP contribution in [0.5, 0.6) is 0 Å². The van der Waals surface area contributed by atoms with Crippen molar-refractivity contribution in [3.63, 3.8) is 0 Å². The fraction of sp³-hybridized carbons (Fsp3) is 0.800. The summed E-state index contributed by atoms with van der Waals surface area (Å²) in [4.78, 5) is 11.3. The molecule has 0 radical (unpaired) electrons. The highest BCUT2D eigenvalue weighted by Gasteiger charge is 2.09. The summed E-state index contributed by atoms with van der Waals surface area (Å²) in [7, 11) is 0. The van der Waals surface area contributed by atoms with Crippen LogP contribution in [-0.4, -0.2) is 19.0 Å². The molecule has 0 rings (SSSR count). The molecule has 0 fully saturated rings. The van der Waals surface area contributed by atoms with Crippen LogP contribution >= 0.6 is 0 Å². The largest absolute Gasteiger partial charge is 0.356 e. The van der Waals surface area contributed by atoms with E-state index in [0.717, 1.165) is 12.8 Å². The van der Waals surface area contributed by atoms with Gasteiger partial charge in [-0.25, -0.2) is 0 Å². The molecule has 4 heteroatoms. The molecule has 1 amide bonds. The van der Waals surface area contributed by atoms with E-state index in [1.165, 1.54) is 0 Å². The van der Waals surface area contributed by atoms with Gasteiger partial charge in [-0.3, -0.25) is 4.79 Å². The summed E-state index contributed by atoms with van der Waals surface area (Å²) >= 11 is 0. The van der Waals surface area contributed by atoms with Crippen LogP contribution in [0.25, 0.3) is 0 Å². The average molecular weight is 197 g/mol. The molecule has 0 heterocycles. The van der Waals surface area contributed by atoms with Crippen LogP contribution in [0.1, 0.15) is 32.6 Å². The Hall–Kier alpha value is -1.08. The van der Waals surface area contributed by atoms with Gasteiger partial charge in [-0.1, -0.05) is 13.3 Å². The maximum absolute atomic E-state index is 11.3. The number of unbranched alkanes of at least 4 members (excludes halogenated alkanes) is 1. The van der Waals surface area contributed by atoms with Gasteiger partial charge in [0.15, 0.2) is 0 Å². The van der Waals surface area contributed by atoms with Crippen molar-refractivity contribution >= 4 is 5.91 Å². The second-order valence-corrected chi connectivity index (χ2v) is 3.33. The zero-order chi connectivity index (χ0) is 10.8. The summed E-state index contributed by atoms with van der Waals surface area (Å²) in [6.07, 6.45) is 2.65. The number of carbonyl (C=O) groups is 1. The molecule has 1 atom stereocenters. The SMILES string of the molecule is CCC(CN)CC(=O)NCCCC#N. The minimum atomic E-state index is 0.0419. The van der Waals surface area contributed by atoms with Crippen molar-refractivity contribution in [3.8, 4) is 6.07 Å². The molecule has 0 aliphatic carbocycles. The van der Waals surface area contributed by atoms with Crippen molar-refractivity contribution in [1.29, 1.82) is 5.26 Å². The quantitative estimate of drug-likeness (QED) is 0.592. The van der Waals surface area contributed by atoms with Crippen LogP contribution in [0.4, 0.5) is 0 Å². The standard InChI is InChI=1S/C10H19N3O/c1-2-9(8-12)7-10(14)13-6-4-3-5-11/h9H,2-4,6-8,12H2,1H3,(H,13,14). The highest BCUT2D eigenvalue weighted by atomic mass is 16.1. The van der Waals surface area contributed by atoms with E-state index in [1.807, 2.05) is 13.0 Å². The lowest BCUT2D eigenvalue weighted by molar-refractivity contribution is -0.121. The van der Waals surface area contributed by atoms with E-state index in [0.29, 0.717) is 25.9 Å². The lowest BCUT2D eigenvalue weighted by Gasteiger charge is -2.11. The third-order valence-electron chi connectivity index (χ3n) is 2.17. The van der Waals surface area contributed by atoms with E-state index < -0.39 is 0 Å². The summed E-state index contributed by atoms with van der Waals surface area (Å²) in [5.74, 6) is 0.325. The predicted molar refractivity (Wildman–Crippen MR) is 55.3 cm³/mol. The topological polar surface area (TPSA) is 78.9 Å². The maximum atomic E-state index is 11.3. The molecule has 0 aromatic carbocycles. The summed E-state index contributed by atoms with van der Waals surface area (Å²) in [6.45, 7) is 3.18. The van der Waals surface area contributed by atoms with Gasteiger partial charge in [0.25, 0.3) is 0 Å². The number of amides is 1. The van der Waals surface area contributed by atoms with E-state index in [9.17, 15) is 4.79 Å². The monoisotopic (exact) mass is 197 g/mol. The van der Waals surface area contributed by atoms with Crippen molar-refractivity contribution in [1.82, 2.24) is 5.32 Å². The molecule has 14 heavy (non-hydrogen) atoms. The Morgan fingerprint density at radius 2 is 2.36 bits per heavy atom. The van der Waals surface area contributed by atoms with Crippen molar-refractivity contribution in [2.75, 3.05) is 13.1 Å². The number of hydrogen-bond acceptors (Lipinski definition) is 3. The Balaban J connectivity index is 3.50. The molecule has 0 spiro atoms. The molecular weight excluding hydrogens is 178 g/mol. The van der Waals surface area contributed by atoms with Gasteiger partial charge in [-0.2, -0.15) is 5.26 Å². The van der Waals surface area contributed by atoms with Crippen LogP contribution in [0.2, 0.25) is 0 Å². The third-order valence-corrected chi connectivity index (χ3v) is 2.17. The molecule has 3 N–H and O–H groups in total. The van der Waals surface area contributed by atoms with E-state index in [4.69, 9.17) is 11.0 Å². The zero-order valence-corrected chi connectivity index (χ0v) is 8.75. The Morgan fingerprint density at radius 3 is 2.86 bits per heavy atom. The van der Waals surface area contributed by atoms with Crippen LogP contribution in [0.15, 0.2) is 0 Å². The lowest BCUT2D eigenvalue weighted by atomic mass is 10.0. The van der Waals surface area contributed by atoms with Gasteiger partial charge in [0.05, 0.1) is 6.07 Å². The van der Waals surface area contributed by atoms with Gasteiger partial charge in [-0.15, -0.1) is 0 Å². The summed E-state index contributed by atoms with van der Waals surface area (Å²) in [5.41, 5.74) is 5.48. The molecular formula is C10H19N3O. The highest BCUT2D eigenvalue weighted by molar-refractivity contribution is 5.76. The number of carbonyl (C=O) groups excluding carboxylic acids is 1. The highest BCUT2D eigenvalue weighted by Crippen LogP contribution is 2.05. The number of nitrogens with zero attached hydrogens (tertiary/aromatic N) is 1. The van der Waals surface area contributed by atoms with Crippen molar-refractivity contribution < 1.29 is 4.79 Å². The molecule has 0 aromatic heterocycles. The minimum Gasteiger partial charge on any atom is -0.356 e. The Bertz CT molecular complexity index is 194. The zero-order valence-electron chi connectivity index (χ0n) is 8.75. The van der Waals surface area contributed by atoms with Crippen LogP contribution in [-0.2, 0) is 4.79 Å². The average Bonchev–Trinajstić information content (AvgIpc) is 2.21. The molecule has 0 saturated heterocycles. The van der Waals surface area contributed by atoms with Crippen LogP contribution in [0, 0.1) is 17.2 Å². The molecule has 0 aromatic rings. The number of nitrogens with one attached hydrogen (secondary N) is 1. The molecule has 80 valence electrons. The Morgan fingerprint density at radius 1 is 1.64 bits per heavy atom. The second-order valence-electron chi connectivity index (χ2n) is 3.33. The smallest absolute Gasteiger partial charge is 0.220 e. The van der Waals surface area contributed by atoms with Gasteiger partial charge in [-0.05, 0) is 18.9 Å². The molecule has 0 saturated carbocycles. The van der Waals surface area contributed by atoms with Gasteiger partial charge in [0.1, 0.15) is 0 Å². The van der Waals surface area contributed by atoms with E-state index in [1.54, 1.807) is 0 Å². The van der Waals surface area contributed by atoms with Crippen LogP contribution < -0.4 is 11.1 Å². The third kappa shape index (κ3) is 6.44. The van der Waals surface area contributed by atoms with Crippen molar-refractivity contribution in [2.24, 2.45) is 11.7 Å². The first-order chi connectivity index (χ1) is 6.74. The maximum Gasteiger partial charge on any atom is 0.220 e. The van der Waals surface area contributed by atoms with Gasteiger partial charge in [0, 0.05) is 19.4 Å². The van der Waals surface area contributed by atoms with Crippen molar-refractivity contribution in [3.05, 3.63) is 0 Å². The molecule has 0 bridgehead atoms. The first kappa shape index (κ1) is 12.9. The predicted octanol–water partition coefficient (Wildman–Crippen LogP) is 0.781. The van der Waals surface area contributed by atoms with Crippen LogP contribution in [0.3, 0.4) is 0 Å². The summed E-state index contributed by atoms with van der Waals surface area (Å²) in [6, 6.07) is 2.03. The Kier molecular flexibility index (Phi) is 7.86. The number of nitrogens with two attached hydrogens (primary N) is 1. The summed E-state index contributed by atoms with van der Waals surface area (Å²) in [5, 5.41) is 11.0. The molecule has 1 unspecified atom stereocenters. The van der Waals surface area contributed by atoms with Gasteiger partial charge >= 0.3 is 0 Å². The second kappa shape index (κ2) is 8.52. The van der Waals surface area contributed by atoms with Gasteiger partial charge < -0.3 is 11.1 Å². The molecule has 4 nitrogen and oxygen atoms in total. The number of nitriles is 1.